The van der Waals surface area contributed by atoms with Crippen LogP contribution >= 0.6 is 11.3 Å². The average Bonchev–Trinajstić information content (AvgIpc) is 3.17. The first kappa shape index (κ1) is 19.0. The summed E-state index contributed by atoms with van der Waals surface area (Å²) in [4.78, 5) is 15.6. The van der Waals surface area contributed by atoms with E-state index in [0.717, 1.165) is 25.9 Å². The van der Waals surface area contributed by atoms with E-state index in [9.17, 15) is 9.90 Å². The number of aliphatic hydroxyl groups is 1. The molecule has 3 rings (SSSR count). The number of ether oxygens (including phenoxy) is 1. The number of hydrogen-bond donors (Lipinski definition) is 2. The molecule has 1 atom stereocenters. The van der Waals surface area contributed by atoms with Gasteiger partial charge in [0.1, 0.15) is 0 Å². The standard InChI is InChI=1S/C20H26N2O3S/c23-18(14-25-15-19-7-4-12-26-19)13-22-10-8-17(9-11-22)21-20(24)16-5-2-1-3-6-16/h1-7,12,17-18,23H,8-11,13-15H2,(H,21,24). The number of nitrogens with one attached hydrogen (secondary N) is 1. The minimum absolute atomic E-state index is 0.00828. The van der Waals surface area contributed by atoms with Gasteiger partial charge in [-0.15, -0.1) is 11.3 Å². The summed E-state index contributed by atoms with van der Waals surface area (Å²) in [6.45, 7) is 3.28. The predicted octanol–water partition coefficient (Wildman–Crippen LogP) is 2.52. The largest absolute Gasteiger partial charge is 0.389 e. The molecule has 1 amide bonds. The van der Waals surface area contributed by atoms with Crippen molar-refractivity contribution < 1.29 is 14.6 Å². The zero-order valence-electron chi connectivity index (χ0n) is 14.8. The van der Waals surface area contributed by atoms with Gasteiger partial charge in [-0.25, -0.2) is 0 Å². The molecule has 26 heavy (non-hydrogen) atoms. The van der Waals surface area contributed by atoms with Gasteiger partial charge in [0.2, 0.25) is 0 Å². The van der Waals surface area contributed by atoms with Crippen LogP contribution in [0.15, 0.2) is 47.8 Å². The Morgan fingerprint density at radius 2 is 2.00 bits per heavy atom. The Labute approximate surface area is 158 Å². The number of aliphatic hydroxyl groups excluding tert-OH is 1. The highest BCUT2D eigenvalue weighted by molar-refractivity contribution is 7.09. The molecule has 1 aliphatic heterocycles. The van der Waals surface area contributed by atoms with Crippen LogP contribution < -0.4 is 5.32 Å². The van der Waals surface area contributed by atoms with Gasteiger partial charge in [-0.1, -0.05) is 24.3 Å². The zero-order valence-corrected chi connectivity index (χ0v) is 15.7. The van der Waals surface area contributed by atoms with Crippen LogP contribution in [0.1, 0.15) is 28.1 Å². The molecule has 0 spiro atoms. The van der Waals surface area contributed by atoms with Crippen molar-refractivity contribution >= 4 is 17.2 Å². The molecule has 2 heterocycles. The smallest absolute Gasteiger partial charge is 0.251 e. The fourth-order valence-corrected chi connectivity index (χ4v) is 3.80. The number of likely N-dealkylation sites (tertiary alicyclic amines) is 1. The van der Waals surface area contributed by atoms with Crippen LogP contribution in [0.5, 0.6) is 0 Å². The van der Waals surface area contributed by atoms with E-state index in [1.54, 1.807) is 11.3 Å². The number of benzene rings is 1. The molecule has 1 aromatic heterocycles. The Morgan fingerprint density at radius 3 is 2.69 bits per heavy atom. The van der Waals surface area contributed by atoms with Crippen molar-refractivity contribution in [3.63, 3.8) is 0 Å². The summed E-state index contributed by atoms with van der Waals surface area (Å²) >= 11 is 1.66. The molecule has 0 saturated carbocycles. The summed E-state index contributed by atoms with van der Waals surface area (Å²) in [5.41, 5.74) is 0.702. The van der Waals surface area contributed by atoms with Crippen LogP contribution in [-0.2, 0) is 11.3 Å². The van der Waals surface area contributed by atoms with Crippen LogP contribution in [0.4, 0.5) is 0 Å². The molecule has 1 saturated heterocycles. The molecule has 2 N–H and O–H groups in total. The number of carbonyl (C=O) groups excluding carboxylic acids is 1. The Morgan fingerprint density at radius 1 is 1.23 bits per heavy atom. The number of rotatable bonds is 8. The van der Waals surface area contributed by atoms with Gasteiger partial charge in [0.25, 0.3) is 5.91 Å². The van der Waals surface area contributed by atoms with Gasteiger partial charge in [0.05, 0.1) is 19.3 Å². The topological polar surface area (TPSA) is 61.8 Å². The first-order valence-corrected chi connectivity index (χ1v) is 9.95. The summed E-state index contributed by atoms with van der Waals surface area (Å²) in [5, 5.41) is 15.3. The molecule has 0 bridgehead atoms. The van der Waals surface area contributed by atoms with E-state index < -0.39 is 6.10 Å². The summed E-state index contributed by atoms with van der Waals surface area (Å²) < 4.78 is 5.58. The fourth-order valence-electron chi connectivity index (χ4n) is 3.16. The molecular formula is C20H26N2O3S. The number of thiophene rings is 1. The first-order valence-electron chi connectivity index (χ1n) is 9.07. The average molecular weight is 375 g/mol. The lowest BCUT2D eigenvalue weighted by atomic mass is 10.0. The van der Waals surface area contributed by atoms with E-state index in [1.165, 1.54) is 4.88 Å². The van der Waals surface area contributed by atoms with Gasteiger partial charge in [-0.2, -0.15) is 0 Å². The van der Waals surface area contributed by atoms with Crippen LogP contribution in [0.25, 0.3) is 0 Å². The van der Waals surface area contributed by atoms with Gasteiger partial charge in [-0.05, 0) is 36.4 Å². The lowest BCUT2D eigenvalue weighted by Crippen LogP contribution is -2.47. The molecule has 2 aromatic rings. The Balaban J connectivity index is 1.32. The monoisotopic (exact) mass is 374 g/mol. The molecule has 6 heteroatoms. The van der Waals surface area contributed by atoms with Gasteiger partial charge < -0.3 is 20.1 Å². The second-order valence-electron chi connectivity index (χ2n) is 6.66. The van der Waals surface area contributed by atoms with Gasteiger partial charge in [0.15, 0.2) is 0 Å². The molecule has 0 radical (unpaired) electrons. The molecular weight excluding hydrogens is 348 g/mol. The van der Waals surface area contributed by atoms with Crippen LogP contribution in [-0.4, -0.2) is 54.3 Å². The second-order valence-corrected chi connectivity index (χ2v) is 7.69. The van der Waals surface area contributed by atoms with Crippen molar-refractivity contribution in [2.45, 2.75) is 31.6 Å². The maximum absolute atomic E-state index is 12.2. The minimum atomic E-state index is -0.481. The van der Waals surface area contributed by atoms with Gasteiger partial charge >= 0.3 is 0 Å². The molecule has 1 fully saturated rings. The third kappa shape index (κ3) is 5.92. The molecule has 1 aliphatic rings. The minimum Gasteiger partial charge on any atom is -0.389 e. The van der Waals surface area contributed by atoms with E-state index in [1.807, 2.05) is 47.8 Å². The summed E-state index contributed by atoms with van der Waals surface area (Å²) in [7, 11) is 0. The number of carbonyl (C=O) groups is 1. The Bertz CT molecular complexity index is 655. The lowest BCUT2D eigenvalue weighted by Gasteiger charge is -2.33. The van der Waals surface area contributed by atoms with Gasteiger partial charge in [0, 0.05) is 36.1 Å². The van der Waals surface area contributed by atoms with Crippen LogP contribution in [0.2, 0.25) is 0 Å². The first-order chi connectivity index (χ1) is 12.7. The van der Waals surface area contributed by atoms with Crippen molar-refractivity contribution in [2.24, 2.45) is 0 Å². The number of amides is 1. The van der Waals surface area contributed by atoms with Crippen LogP contribution in [0.3, 0.4) is 0 Å². The lowest BCUT2D eigenvalue weighted by molar-refractivity contribution is 0.00643. The van der Waals surface area contributed by atoms with Crippen LogP contribution in [0, 0.1) is 0 Å². The van der Waals surface area contributed by atoms with Crippen molar-refractivity contribution in [1.29, 1.82) is 0 Å². The number of β-amino-alcohol motifs (C(OH)–C–C–N with tert-alkyl or cyclic N) is 1. The third-order valence-corrected chi connectivity index (χ3v) is 5.41. The third-order valence-electron chi connectivity index (χ3n) is 4.56. The Hall–Kier alpha value is -1.73. The second kappa shape index (κ2) is 9.83. The van der Waals surface area contributed by atoms with Crippen molar-refractivity contribution in [3.8, 4) is 0 Å². The van der Waals surface area contributed by atoms with E-state index in [4.69, 9.17) is 4.74 Å². The summed E-state index contributed by atoms with van der Waals surface area (Å²) in [6, 6.07) is 13.6. The zero-order chi connectivity index (χ0) is 18.2. The predicted molar refractivity (Wildman–Crippen MR) is 103 cm³/mol. The molecule has 140 valence electrons. The number of piperidine rings is 1. The molecule has 5 nitrogen and oxygen atoms in total. The fraction of sp³-hybridized carbons (Fsp3) is 0.450. The molecule has 1 aromatic carbocycles. The highest BCUT2D eigenvalue weighted by Crippen LogP contribution is 2.13. The van der Waals surface area contributed by atoms with Crippen molar-refractivity contribution in [1.82, 2.24) is 10.2 Å². The quantitative estimate of drug-likeness (QED) is 0.745. The van der Waals surface area contributed by atoms with E-state index in [0.29, 0.717) is 25.3 Å². The highest BCUT2D eigenvalue weighted by Gasteiger charge is 2.22. The number of nitrogens with zero attached hydrogens (tertiary/aromatic N) is 1. The highest BCUT2D eigenvalue weighted by atomic mass is 32.1. The van der Waals surface area contributed by atoms with E-state index in [2.05, 4.69) is 10.2 Å². The normalized spacial score (nSPS) is 17.1. The molecule has 0 aliphatic carbocycles. The SMILES string of the molecule is O=C(NC1CCN(CC(O)COCc2cccs2)CC1)c1ccccc1. The van der Waals surface area contributed by atoms with Gasteiger partial charge in [-0.3, -0.25) is 4.79 Å². The molecule has 1 unspecified atom stereocenters. The number of hydrogen-bond acceptors (Lipinski definition) is 5. The Kier molecular flexibility index (Phi) is 7.20. The van der Waals surface area contributed by atoms with E-state index >= 15 is 0 Å². The van der Waals surface area contributed by atoms with Crippen molar-refractivity contribution in [2.75, 3.05) is 26.2 Å². The van der Waals surface area contributed by atoms with Crippen molar-refractivity contribution in [3.05, 3.63) is 58.3 Å². The summed E-state index contributed by atoms with van der Waals surface area (Å²) in [6.07, 6.45) is 1.33. The maximum atomic E-state index is 12.2. The van der Waals surface area contributed by atoms with E-state index in [-0.39, 0.29) is 11.9 Å². The summed E-state index contributed by atoms with van der Waals surface area (Å²) in [5.74, 6) is -0.00828. The maximum Gasteiger partial charge on any atom is 0.251 e.